The van der Waals surface area contributed by atoms with Gasteiger partial charge in [0.05, 0.1) is 21.3 Å². The zero-order chi connectivity index (χ0) is 14.4. The van der Waals surface area contributed by atoms with Gasteiger partial charge < -0.3 is 14.2 Å². The number of carbonyl (C=O) groups excluding carboxylic acids is 1. The Morgan fingerprint density at radius 1 is 1.11 bits per heavy atom. The maximum Gasteiger partial charge on any atom is 0.203 e. The van der Waals surface area contributed by atoms with Gasteiger partial charge in [0.1, 0.15) is 0 Å². The normalized spacial score (nSPS) is 11.8. The molecule has 0 heterocycles. The van der Waals surface area contributed by atoms with Gasteiger partial charge in [0.15, 0.2) is 17.3 Å². The second-order valence-corrected chi connectivity index (χ2v) is 4.47. The van der Waals surface area contributed by atoms with E-state index in [1.165, 1.54) is 0 Å². The van der Waals surface area contributed by atoms with Crippen LogP contribution in [0.25, 0.3) is 0 Å². The van der Waals surface area contributed by atoms with Crippen LogP contribution in [0, 0.1) is 5.92 Å². The molecule has 0 saturated carbocycles. The van der Waals surface area contributed by atoms with Gasteiger partial charge >= 0.3 is 0 Å². The van der Waals surface area contributed by atoms with Crippen LogP contribution in [-0.2, 0) is 0 Å². The van der Waals surface area contributed by atoms with E-state index in [1.807, 2.05) is 6.92 Å². The molecule has 1 aromatic rings. The lowest BCUT2D eigenvalue weighted by Crippen LogP contribution is -2.11. The lowest BCUT2D eigenvalue weighted by Gasteiger charge is -2.15. The average molecular weight is 266 g/mol. The first kappa shape index (κ1) is 15.3. The SMILES string of the molecule is CCCC(C)C(=O)c1cc(OC)c(OC)c(OC)c1. The molecule has 1 unspecified atom stereocenters. The van der Waals surface area contributed by atoms with Gasteiger partial charge in [-0.3, -0.25) is 4.79 Å². The summed E-state index contributed by atoms with van der Waals surface area (Å²) in [6, 6.07) is 3.41. The summed E-state index contributed by atoms with van der Waals surface area (Å²) in [5.41, 5.74) is 0.593. The fraction of sp³-hybridized carbons (Fsp3) is 0.533. The summed E-state index contributed by atoms with van der Waals surface area (Å²) in [5, 5.41) is 0. The Morgan fingerprint density at radius 2 is 1.63 bits per heavy atom. The van der Waals surface area contributed by atoms with E-state index in [4.69, 9.17) is 14.2 Å². The molecule has 1 atom stereocenters. The van der Waals surface area contributed by atoms with E-state index < -0.39 is 0 Å². The molecular weight excluding hydrogens is 244 g/mol. The summed E-state index contributed by atoms with van der Waals surface area (Å²) >= 11 is 0. The maximum atomic E-state index is 12.3. The molecule has 1 rings (SSSR count). The van der Waals surface area contributed by atoms with Gasteiger partial charge in [-0.25, -0.2) is 0 Å². The van der Waals surface area contributed by atoms with E-state index >= 15 is 0 Å². The van der Waals surface area contributed by atoms with E-state index in [1.54, 1.807) is 33.5 Å². The molecule has 0 radical (unpaired) electrons. The Kier molecular flexibility index (Phi) is 5.67. The topological polar surface area (TPSA) is 44.8 Å². The number of hydrogen-bond donors (Lipinski definition) is 0. The van der Waals surface area contributed by atoms with Crippen molar-refractivity contribution in [2.75, 3.05) is 21.3 Å². The molecule has 0 aliphatic heterocycles. The van der Waals surface area contributed by atoms with E-state index in [0.717, 1.165) is 12.8 Å². The van der Waals surface area contributed by atoms with Crippen molar-refractivity contribution in [3.8, 4) is 17.2 Å². The molecule has 0 aliphatic carbocycles. The largest absolute Gasteiger partial charge is 0.493 e. The van der Waals surface area contributed by atoms with Crippen molar-refractivity contribution in [1.29, 1.82) is 0 Å². The Balaban J connectivity index is 3.19. The van der Waals surface area contributed by atoms with E-state index in [0.29, 0.717) is 22.8 Å². The lowest BCUT2D eigenvalue weighted by atomic mass is 9.95. The van der Waals surface area contributed by atoms with E-state index in [-0.39, 0.29) is 11.7 Å². The standard InChI is InChI=1S/C15H22O4/c1-6-7-10(2)14(16)11-8-12(17-3)15(19-5)13(9-11)18-4/h8-10H,6-7H2,1-5H3. The summed E-state index contributed by atoms with van der Waals surface area (Å²) < 4.78 is 15.7. The van der Waals surface area contributed by atoms with Crippen molar-refractivity contribution < 1.29 is 19.0 Å². The third-order valence-corrected chi connectivity index (χ3v) is 3.12. The molecule has 1 aromatic carbocycles. The van der Waals surface area contributed by atoms with Crippen LogP contribution in [0.1, 0.15) is 37.0 Å². The first-order valence-electron chi connectivity index (χ1n) is 6.43. The van der Waals surface area contributed by atoms with Crippen LogP contribution in [0.15, 0.2) is 12.1 Å². The number of benzene rings is 1. The maximum absolute atomic E-state index is 12.3. The summed E-state index contributed by atoms with van der Waals surface area (Å²) in [6.07, 6.45) is 1.85. The zero-order valence-electron chi connectivity index (χ0n) is 12.3. The van der Waals surface area contributed by atoms with Crippen molar-refractivity contribution >= 4 is 5.78 Å². The second-order valence-electron chi connectivity index (χ2n) is 4.47. The molecule has 0 aromatic heterocycles. The molecule has 0 bridgehead atoms. The average Bonchev–Trinajstić information content (AvgIpc) is 2.44. The number of carbonyl (C=O) groups is 1. The summed E-state index contributed by atoms with van der Waals surface area (Å²) in [6.45, 7) is 4.01. The van der Waals surface area contributed by atoms with Crippen LogP contribution in [0.5, 0.6) is 17.2 Å². The summed E-state index contributed by atoms with van der Waals surface area (Å²) in [4.78, 5) is 12.3. The monoisotopic (exact) mass is 266 g/mol. The van der Waals surface area contributed by atoms with Gasteiger partial charge in [-0.1, -0.05) is 20.3 Å². The zero-order valence-corrected chi connectivity index (χ0v) is 12.3. The van der Waals surface area contributed by atoms with E-state index in [2.05, 4.69) is 6.92 Å². The molecule has 4 nitrogen and oxygen atoms in total. The quantitative estimate of drug-likeness (QED) is 0.710. The van der Waals surface area contributed by atoms with Crippen molar-refractivity contribution in [2.24, 2.45) is 5.92 Å². The molecule has 0 fully saturated rings. The first-order valence-corrected chi connectivity index (χ1v) is 6.43. The summed E-state index contributed by atoms with van der Waals surface area (Å²) in [5.74, 6) is 1.61. The Morgan fingerprint density at radius 3 is 2.00 bits per heavy atom. The van der Waals surface area contributed by atoms with Crippen molar-refractivity contribution in [3.05, 3.63) is 17.7 Å². The number of ketones is 1. The molecule has 0 spiro atoms. The minimum absolute atomic E-state index is 0.00666. The van der Waals surface area contributed by atoms with Crippen LogP contribution in [0.3, 0.4) is 0 Å². The molecule has 19 heavy (non-hydrogen) atoms. The number of Topliss-reactive ketones (excluding diaryl/α,β-unsaturated/α-hetero) is 1. The number of methoxy groups -OCH3 is 3. The van der Waals surface area contributed by atoms with Crippen molar-refractivity contribution in [2.45, 2.75) is 26.7 Å². The fourth-order valence-corrected chi connectivity index (χ4v) is 2.07. The molecular formula is C15H22O4. The lowest BCUT2D eigenvalue weighted by molar-refractivity contribution is 0.0922. The smallest absolute Gasteiger partial charge is 0.203 e. The van der Waals surface area contributed by atoms with Crippen molar-refractivity contribution in [3.63, 3.8) is 0 Å². The van der Waals surface area contributed by atoms with Gasteiger partial charge in [-0.2, -0.15) is 0 Å². The van der Waals surface area contributed by atoms with Crippen LogP contribution in [0.4, 0.5) is 0 Å². The minimum atomic E-state index is -0.00666. The fourth-order valence-electron chi connectivity index (χ4n) is 2.07. The van der Waals surface area contributed by atoms with Crippen molar-refractivity contribution in [1.82, 2.24) is 0 Å². The second kappa shape index (κ2) is 7.02. The molecule has 4 heteroatoms. The van der Waals surface area contributed by atoms with Gasteiger partial charge in [-0.05, 0) is 18.6 Å². The molecule has 0 N–H and O–H groups in total. The van der Waals surface area contributed by atoms with Crippen LogP contribution >= 0.6 is 0 Å². The van der Waals surface area contributed by atoms with E-state index in [9.17, 15) is 4.79 Å². The predicted octanol–water partition coefficient (Wildman–Crippen LogP) is 3.33. The number of ether oxygens (including phenoxy) is 3. The number of rotatable bonds is 7. The Bertz CT molecular complexity index is 415. The highest BCUT2D eigenvalue weighted by Gasteiger charge is 2.20. The highest BCUT2D eigenvalue weighted by molar-refractivity contribution is 5.98. The highest BCUT2D eigenvalue weighted by Crippen LogP contribution is 2.38. The molecule has 106 valence electrons. The van der Waals surface area contributed by atoms with Crippen LogP contribution in [0.2, 0.25) is 0 Å². The number of hydrogen-bond acceptors (Lipinski definition) is 4. The van der Waals surface area contributed by atoms with Crippen LogP contribution in [-0.4, -0.2) is 27.1 Å². The summed E-state index contributed by atoms with van der Waals surface area (Å²) in [7, 11) is 4.63. The van der Waals surface area contributed by atoms with Gasteiger partial charge in [0, 0.05) is 11.5 Å². The molecule has 0 saturated heterocycles. The first-order chi connectivity index (χ1) is 9.08. The third-order valence-electron chi connectivity index (χ3n) is 3.12. The Labute approximate surface area is 114 Å². The predicted molar refractivity (Wildman–Crippen MR) is 74.5 cm³/mol. The minimum Gasteiger partial charge on any atom is -0.493 e. The Hall–Kier alpha value is -1.71. The van der Waals surface area contributed by atoms with Crippen LogP contribution < -0.4 is 14.2 Å². The van der Waals surface area contributed by atoms with Gasteiger partial charge in [-0.15, -0.1) is 0 Å². The van der Waals surface area contributed by atoms with Gasteiger partial charge in [0.2, 0.25) is 5.75 Å². The van der Waals surface area contributed by atoms with Gasteiger partial charge in [0.25, 0.3) is 0 Å². The molecule has 0 aliphatic rings. The molecule has 0 amide bonds. The third kappa shape index (κ3) is 3.40. The highest BCUT2D eigenvalue weighted by atomic mass is 16.5.